The number of nitrogens with one attached hydrogen (secondary N) is 1. The number of aromatic nitrogens is 2. The number of methoxy groups -OCH3 is 2. The lowest BCUT2D eigenvalue weighted by Gasteiger charge is -2.29. The predicted molar refractivity (Wildman–Crippen MR) is 83.9 cm³/mol. The SMILES string of the molecule is CCNc1nc(C(CC)(CC)OC)nc(COC)c1Br. The van der Waals surface area contributed by atoms with Crippen molar-refractivity contribution in [1.29, 1.82) is 0 Å². The maximum atomic E-state index is 5.72. The topological polar surface area (TPSA) is 56.3 Å². The largest absolute Gasteiger partial charge is 0.378 e. The summed E-state index contributed by atoms with van der Waals surface area (Å²) in [6, 6.07) is 0. The second-order valence-electron chi connectivity index (χ2n) is 4.53. The van der Waals surface area contributed by atoms with Gasteiger partial charge in [0.25, 0.3) is 0 Å². The van der Waals surface area contributed by atoms with Crippen molar-refractivity contribution in [1.82, 2.24) is 9.97 Å². The highest BCUT2D eigenvalue weighted by atomic mass is 79.9. The van der Waals surface area contributed by atoms with Crippen LogP contribution in [0, 0.1) is 0 Å². The van der Waals surface area contributed by atoms with Crippen LogP contribution in [0.15, 0.2) is 4.47 Å². The first-order chi connectivity index (χ1) is 9.58. The smallest absolute Gasteiger partial charge is 0.162 e. The van der Waals surface area contributed by atoms with Crippen molar-refractivity contribution in [3.05, 3.63) is 16.0 Å². The fourth-order valence-electron chi connectivity index (χ4n) is 2.16. The van der Waals surface area contributed by atoms with E-state index in [9.17, 15) is 0 Å². The molecule has 0 aliphatic heterocycles. The van der Waals surface area contributed by atoms with Crippen molar-refractivity contribution in [2.45, 2.75) is 45.8 Å². The number of hydrogen-bond donors (Lipinski definition) is 1. The van der Waals surface area contributed by atoms with Crippen LogP contribution in [0.5, 0.6) is 0 Å². The van der Waals surface area contributed by atoms with Crippen molar-refractivity contribution in [3.63, 3.8) is 0 Å². The second kappa shape index (κ2) is 7.90. The van der Waals surface area contributed by atoms with E-state index in [1.807, 2.05) is 6.92 Å². The average Bonchev–Trinajstić information content (AvgIpc) is 2.46. The molecule has 6 heteroatoms. The van der Waals surface area contributed by atoms with E-state index < -0.39 is 5.60 Å². The molecule has 0 unspecified atom stereocenters. The van der Waals surface area contributed by atoms with E-state index in [1.165, 1.54) is 0 Å². The van der Waals surface area contributed by atoms with Gasteiger partial charge >= 0.3 is 0 Å². The second-order valence-corrected chi connectivity index (χ2v) is 5.32. The molecule has 0 spiro atoms. The van der Waals surface area contributed by atoms with Gasteiger partial charge in [-0.1, -0.05) is 13.8 Å². The number of ether oxygens (including phenoxy) is 2. The maximum Gasteiger partial charge on any atom is 0.162 e. The summed E-state index contributed by atoms with van der Waals surface area (Å²) >= 11 is 3.54. The van der Waals surface area contributed by atoms with Gasteiger partial charge < -0.3 is 14.8 Å². The summed E-state index contributed by atoms with van der Waals surface area (Å²) in [5.41, 5.74) is 0.379. The van der Waals surface area contributed by atoms with E-state index in [4.69, 9.17) is 9.47 Å². The molecular formula is C14H24BrN3O2. The summed E-state index contributed by atoms with van der Waals surface area (Å²) in [5.74, 6) is 1.49. The van der Waals surface area contributed by atoms with E-state index in [1.54, 1.807) is 14.2 Å². The van der Waals surface area contributed by atoms with Crippen LogP contribution in [0.25, 0.3) is 0 Å². The molecule has 0 saturated carbocycles. The molecule has 0 aromatic carbocycles. The van der Waals surface area contributed by atoms with E-state index in [-0.39, 0.29) is 0 Å². The Morgan fingerprint density at radius 2 is 1.80 bits per heavy atom. The lowest BCUT2D eigenvalue weighted by Crippen LogP contribution is -2.30. The van der Waals surface area contributed by atoms with Gasteiger partial charge in [0.05, 0.1) is 16.8 Å². The number of nitrogens with zero attached hydrogens (tertiary/aromatic N) is 2. The highest BCUT2D eigenvalue weighted by Crippen LogP contribution is 2.33. The first-order valence-electron chi connectivity index (χ1n) is 6.93. The van der Waals surface area contributed by atoms with Gasteiger partial charge in [0.1, 0.15) is 11.4 Å². The molecule has 0 radical (unpaired) electrons. The van der Waals surface area contributed by atoms with Crippen LogP contribution in [0.4, 0.5) is 5.82 Å². The molecule has 0 amide bonds. The molecule has 1 aromatic heterocycles. The molecule has 1 heterocycles. The fraction of sp³-hybridized carbons (Fsp3) is 0.714. The van der Waals surface area contributed by atoms with Crippen molar-refractivity contribution < 1.29 is 9.47 Å². The molecule has 5 nitrogen and oxygen atoms in total. The predicted octanol–water partition coefficient (Wildman–Crippen LogP) is 3.48. The van der Waals surface area contributed by atoms with Crippen LogP contribution < -0.4 is 5.32 Å². The number of anilines is 1. The van der Waals surface area contributed by atoms with Crippen molar-refractivity contribution in [2.24, 2.45) is 0 Å². The molecule has 0 aliphatic carbocycles. The standard InChI is InChI=1S/C14H24BrN3O2/c1-6-14(7-2,20-5)13-17-10(9-19-4)11(15)12(18-13)16-8-3/h6-9H2,1-5H3,(H,16,17,18). The minimum absolute atomic E-state index is 0.432. The molecule has 114 valence electrons. The Morgan fingerprint density at radius 1 is 1.15 bits per heavy atom. The third-order valence-corrected chi connectivity index (χ3v) is 4.32. The van der Waals surface area contributed by atoms with Gasteiger partial charge in [-0.3, -0.25) is 0 Å². The van der Waals surface area contributed by atoms with Gasteiger partial charge in [-0.05, 0) is 35.7 Å². The molecule has 0 saturated heterocycles. The van der Waals surface area contributed by atoms with E-state index in [2.05, 4.69) is 45.1 Å². The highest BCUT2D eigenvalue weighted by molar-refractivity contribution is 9.10. The minimum atomic E-state index is -0.451. The Kier molecular flexibility index (Phi) is 6.85. The van der Waals surface area contributed by atoms with E-state index >= 15 is 0 Å². The third-order valence-electron chi connectivity index (χ3n) is 3.49. The van der Waals surface area contributed by atoms with Crippen LogP contribution in [0.2, 0.25) is 0 Å². The summed E-state index contributed by atoms with van der Waals surface area (Å²) in [6.07, 6.45) is 1.64. The molecule has 1 aromatic rings. The molecule has 1 N–H and O–H groups in total. The first-order valence-corrected chi connectivity index (χ1v) is 7.72. The lowest BCUT2D eigenvalue weighted by atomic mass is 9.96. The zero-order chi connectivity index (χ0) is 15.2. The van der Waals surface area contributed by atoms with Gasteiger partial charge in [-0.15, -0.1) is 0 Å². The normalized spacial score (nSPS) is 11.7. The van der Waals surface area contributed by atoms with Crippen molar-refractivity contribution in [3.8, 4) is 0 Å². The Morgan fingerprint density at radius 3 is 2.25 bits per heavy atom. The zero-order valence-corrected chi connectivity index (χ0v) is 14.5. The van der Waals surface area contributed by atoms with Crippen LogP contribution in [0.1, 0.15) is 45.1 Å². The fourth-order valence-corrected chi connectivity index (χ4v) is 2.59. The summed E-state index contributed by atoms with van der Waals surface area (Å²) in [5, 5.41) is 3.25. The van der Waals surface area contributed by atoms with Gasteiger partial charge in [-0.2, -0.15) is 0 Å². The van der Waals surface area contributed by atoms with Crippen LogP contribution in [-0.2, 0) is 21.7 Å². The van der Waals surface area contributed by atoms with Crippen LogP contribution in [0.3, 0.4) is 0 Å². The molecule has 0 atom stereocenters. The Labute approximate surface area is 129 Å². The molecule has 0 fully saturated rings. The van der Waals surface area contributed by atoms with E-state index in [0.717, 1.165) is 35.4 Å². The summed E-state index contributed by atoms with van der Waals surface area (Å²) in [6.45, 7) is 7.43. The summed E-state index contributed by atoms with van der Waals surface area (Å²) < 4.78 is 11.8. The van der Waals surface area contributed by atoms with Crippen LogP contribution >= 0.6 is 15.9 Å². The lowest BCUT2D eigenvalue weighted by molar-refractivity contribution is -0.0294. The van der Waals surface area contributed by atoms with Gasteiger partial charge in [-0.25, -0.2) is 9.97 Å². The van der Waals surface area contributed by atoms with E-state index in [0.29, 0.717) is 12.4 Å². The molecular weight excluding hydrogens is 322 g/mol. The van der Waals surface area contributed by atoms with Gasteiger partial charge in [0.15, 0.2) is 5.82 Å². The quantitative estimate of drug-likeness (QED) is 0.781. The molecule has 1 rings (SSSR count). The Hall–Kier alpha value is -0.720. The molecule has 20 heavy (non-hydrogen) atoms. The molecule has 0 bridgehead atoms. The number of rotatable bonds is 8. The number of halogens is 1. The first kappa shape index (κ1) is 17.3. The number of hydrogen-bond acceptors (Lipinski definition) is 5. The van der Waals surface area contributed by atoms with Gasteiger partial charge in [0.2, 0.25) is 0 Å². The summed E-state index contributed by atoms with van der Waals surface area (Å²) in [7, 11) is 3.37. The third kappa shape index (κ3) is 3.48. The van der Waals surface area contributed by atoms with Crippen molar-refractivity contribution in [2.75, 3.05) is 26.1 Å². The maximum absolute atomic E-state index is 5.72. The Balaban J connectivity index is 3.38. The van der Waals surface area contributed by atoms with Gasteiger partial charge in [0, 0.05) is 20.8 Å². The zero-order valence-electron chi connectivity index (χ0n) is 12.9. The van der Waals surface area contributed by atoms with Crippen LogP contribution in [-0.4, -0.2) is 30.7 Å². The van der Waals surface area contributed by atoms with Crippen molar-refractivity contribution >= 4 is 21.7 Å². The minimum Gasteiger partial charge on any atom is -0.378 e. The Bertz CT molecular complexity index is 401. The average molecular weight is 346 g/mol. The molecule has 0 aliphatic rings. The summed E-state index contributed by atoms with van der Waals surface area (Å²) in [4.78, 5) is 9.28. The monoisotopic (exact) mass is 345 g/mol. The highest BCUT2D eigenvalue weighted by Gasteiger charge is 2.32.